The number of hydrogen-bond acceptors (Lipinski definition) is 5. The van der Waals surface area contributed by atoms with Crippen molar-refractivity contribution in [1.29, 1.82) is 0 Å². The van der Waals surface area contributed by atoms with Crippen molar-refractivity contribution in [3.63, 3.8) is 0 Å². The van der Waals surface area contributed by atoms with Crippen molar-refractivity contribution >= 4 is 0 Å². The van der Waals surface area contributed by atoms with Gasteiger partial charge in [0, 0.05) is 0 Å². The van der Waals surface area contributed by atoms with Crippen LogP contribution in [0, 0.1) is 0 Å². The molecule has 5 aliphatic rings. The van der Waals surface area contributed by atoms with Gasteiger partial charge in [-0.2, -0.15) is 0 Å². The highest BCUT2D eigenvalue weighted by Gasteiger charge is 2.43. The second kappa shape index (κ2) is 7.12. The first kappa shape index (κ1) is 16.5. The zero-order valence-corrected chi connectivity index (χ0v) is 14.6. The summed E-state index contributed by atoms with van der Waals surface area (Å²) in [4.78, 5) is 0. The molecule has 0 aromatic carbocycles. The Morgan fingerprint density at radius 2 is 0.880 bits per heavy atom. The number of fused-ring (bicyclic) bond motifs is 4. The largest absolute Gasteiger partial charge is 0.371 e. The van der Waals surface area contributed by atoms with Crippen molar-refractivity contribution in [3.05, 3.63) is 24.3 Å². The molecular weight excluding hydrogens is 320 g/mol. The summed E-state index contributed by atoms with van der Waals surface area (Å²) in [6.45, 7) is 1.41. The van der Waals surface area contributed by atoms with E-state index in [1.807, 2.05) is 0 Å². The van der Waals surface area contributed by atoms with E-state index in [1.165, 1.54) is 0 Å². The quantitative estimate of drug-likeness (QED) is 0.630. The number of hydrogen-bond donors (Lipinski definition) is 0. The van der Waals surface area contributed by atoms with E-state index in [4.69, 9.17) is 23.7 Å². The van der Waals surface area contributed by atoms with Crippen molar-refractivity contribution in [2.45, 2.75) is 87.4 Å². The lowest BCUT2D eigenvalue weighted by Gasteiger charge is -2.29. The Kier molecular flexibility index (Phi) is 4.69. The van der Waals surface area contributed by atoms with Crippen LogP contribution in [-0.4, -0.2) is 62.0 Å². The van der Waals surface area contributed by atoms with Crippen LogP contribution >= 0.6 is 0 Å². The molecule has 0 N–H and O–H groups in total. The van der Waals surface area contributed by atoms with Crippen LogP contribution in [0.5, 0.6) is 0 Å². The first-order valence-electron chi connectivity index (χ1n) is 9.90. The summed E-state index contributed by atoms with van der Waals surface area (Å²) in [6, 6.07) is 0. The highest BCUT2D eigenvalue weighted by Crippen LogP contribution is 2.37. The lowest BCUT2D eigenvalue weighted by molar-refractivity contribution is -0.134. The molecule has 5 rings (SSSR count). The molecule has 0 aromatic rings. The number of ether oxygens (including phenoxy) is 5. The van der Waals surface area contributed by atoms with Gasteiger partial charge in [0.25, 0.3) is 0 Å². The summed E-state index contributed by atoms with van der Waals surface area (Å²) in [5.74, 6) is 0. The van der Waals surface area contributed by atoms with Gasteiger partial charge in [-0.1, -0.05) is 24.3 Å². The van der Waals surface area contributed by atoms with Crippen LogP contribution in [0.2, 0.25) is 0 Å². The molecule has 0 bridgehead atoms. The summed E-state index contributed by atoms with van der Waals surface area (Å²) >= 11 is 0. The maximum Gasteiger partial charge on any atom is 0.102 e. The van der Waals surface area contributed by atoms with Gasteiger partial charge < -0.3 is 23.7 Å². The van der Waals surface area contributed by atoms with Crippen molar-refractivity contribution in [3.8, 4) is 0 Å². The van der Waals surface area contributed by atoms with E-state index in [-0.39, 0.29) is 48.8 Å². The molecule has 25 heavy (non-hydrogen) atoms. The summed E-state index contributed by atoms with van der Waals surface area (Å²) < 4.78 is 31.2. The summed E-state index contributed by atoms with van der Waals surface area (Å²) in [6.07, 6.45) is 15.6. The second-order valence-electron chi connectivity index (χ2n) is 7.82. The molecule has 8 atom stereocenters. The molecule has 0 spiro atoms. The van der Waals surface area contributed by atoms with Crippen LogP contribution < -0.4 is 0 Å². The Bertz CT molecular complexity index is 486. The maximum atomic E-state index is 6.58. The van der Waals surface area contributed by atoms with Crippen molar-refractivity contribution < 1.29 is 23.7 Å². The van der Waals surface area contributed by atoms with Gasteiger partial charge in [0.15, 0.2) is 0 Å². The Morgan fingerprint density at radius 3 is 1.36 bits per heavy atom. The average molecular weight is 348 g/mol. The van der Waals surface area contributed by atoms with Gasteiger partial charge in [-0.15, -0.1) is 0 Å². The second-order valence-corrected chi connectivity index (χ2v) is 7.82. The highest BCUT2D eigenvalue weighted by molar-refractivity contribution is 5.03. The van der Waals surface area contributed by atoms with Crippen LogP contribution in [0.15, 0.2) is 24.3 Å². The Hall–Kier alpha value is -0.720. The lowest BCUT2D eigenvalue weighted by atomic mass is 10.0. The smallest absolute Gasteiger partial charge is 0.102 e. The van der Waals surface area contributed by atoms with Crippen LogP contribution in [-0.2, 0) is 23.7 Å². The van der Waals surface area contributed by atoms with Gasteiger partial charge in [0.2, 0.25) is 0 Å². The molecule has 0 aliphatic carbocycles. The van der Waals surface area contributed by atoms with Gasteiger partial charge in [-0.05, 0) is 38.5 Å². The fraction of sp³-hybridized carbons (Fsp3) is 0.800. The molecule has 0 radical (unpaired) electrons. The van der Waals surface area contributed by atoms with Crippen LogP contribution in [0.25, 0.3) is 0 Å². The Morgan fingerprint density at radius 1 is 0.480 bits per heavy atom. The fourth-order valence-electron chi connectivity index (χ4n) is 4.92. The fourth-order valence-corrected chi connectivity index (χ4v) is 4.92. The van der Waals surface area contributed by atoms with Crippen molar-refractivity contribution in [2.75, 3.05) is 13.2 Å². The third-order valence-corrected chi connectivity index (χ3v) is 6.25. The van der Waals surface area contributed by atoms with Gasteiger partial charge in [0.05, 0.1) is 49.8 Å². The van der Waals surface area contributed by atoms with Gasteiger partial charge >= 0.3 is 0 Å². The Balaban J connectivity index is 1.31. The van der Waals surface area contributed by atoms with Crippen LogP contribution in [0.3, 0.4) is 0 Å². The molecule has 0 amide bonds. The number of rotatable bonds is 0. The standard InChI is InChI=1S/C20H28O5/c1-3-15-13(21-11-1)5-7-17-19(23-15)9-10-20-18(25-17)8-6-14-16(24-20)4-2-12-22-14/h1-4,13-20H,5-12H2/t13-,14+,15+,16-,17+,18-,19-,20+. The van der Waals surface area contributed by atoms with E-state index in [1.54, 1.807) is 0 Å². The van der Waals surface area contributed by atoms with Gasteiger partial charge in [0.1, 0.15) is 12.2 Å². The third-order valence-electron chi connectivity index (χ3n) is 6.25. The zero-order valence-electron chi connectivity index (χ0n) is 14.6. The van der Waals surface area contributed by atoms with Gasteiger partial charge in [-0.3, -0.25) is 0 Å². The SMILES string of the molecule is C1=C[C@H]2O[C@H]3CC[C@H]4O[C@H]5C=CCO[C@@H]5CC[C@@H]4O[C@@H]3CC[C@@H]2OC1. The average Bonchev–Trinajstić information content (AvgIpc) is 2.99. The summed E-state index contributed by atoms with van der Waals surface area (Å²) in [5.41, 5.74) is 0. The van der Waals surface area contributed by atoms with Gasteiger partial charge in [-0.25, -0.2) is 0 Å². The van der Waals surface area contributed by atoms with E-state index in [9.17, 15) is 0 Å². The minimum absolute atomic E-state index is 0.0789. The topological polar surface area (TPSA) is 46.2 Å². The molecule has 0 aromatic heterocycles. The van der Waals surface area contributed by atoms with E-state index in [0.29, 0.717) is 13.2 Å². The maximum absolute atomic E-state index is 6.58. The molecule has 3 fully saturated rings. The first-order chi connectivity index (χ1) is 12.4. The molecular formula is C20H28O5. The molecule has 3 saturated heterocycles. The van der Waals surface area contributed by atoms with E-state index in [0.717, 1.165) is 38.5 Å². The molecule has 5 heterocycles. The Labute approximate surface area is 149 Å². The monoisotopic (exact) mass is 348 g/mol. The molecule has 0 unspecified atom stereocenters. The third kappa shape index (κ3) is 3.33. The predicted molar refractivity (Wildman–Crippen MR) is 91.4 cm³/mol. The highest BCUT2D eigenvalue weighted by atomic mass is 16.6. The van der Waals surface area contributed by atoms with Crippen molar-refractivity contribution in [1.82, 2.24) is 0 Å². The minimum atomic E-state index is 0.0789. The zero-order chi connectivity index (χ0) is 16.6. The van der Waals surface area contributed by atoms with E-state index >= 15 is 0 Å². The molecule has 5 heteroatoms. The predicted octanol–water partition coefficient (Wildman–Crippen LogP) is 2.54. The normalized spacial score (nSPS) is 49.6. The van der Waals surface area contributed by atoms with Crippen LogP contribution in [0.4, 0.5) is 0 Å². The molecule has 0 saturated carbocycles. The molecule has 5 nitrogen and oxygen atoms in total. The molecule has 5 aliphatic heterocycles. The summed E-state index contributed by atoms with van der Waals surface area (Å²) in [5, 5.41) is 0. The minimum Gasteiger partial charge on any atom is -0.371 e. The van der Waals surface area contributed by atoms with E-state index < -0.39 is 0 Å². The van der Waals surface area contributed by atoms with E-state index in [2.05, 4.69) is 24.3 Å². The first-order valence-corrected chi connectivity index (χ1v) is 9.90. The van der Waals surface area contributed by atoms with Crippen molar-refractivity contribution in [2.24, 2.45) is 0 Å². The summed E-state index contributed by atoms with van der Waals surface area (Å²) in [7, 11) is 0. The van der Waals surface area contributed by atoms with Crippen LogP contribution in [0.1, 0.15) is 38.5 Å². The lowest BCUT2D eigenvalue weighted by Crippen LogP contribution is -2.36. The molecule has 138 valence electrons.